The van der Waals surface area contributed by atoms with E-state index in [-0.39, 0.29) is 0 Å². The van der Waals surface area contributed by atoms with Gasteiger partial charge in [-0.05, 0) is 87.5 Å². The topological polar surface area (TPSA) is 57.8 Å². The van der Waals surface area contributed by atoms with Crippen molar-refractivity contribution < 1.29 is 4.79 Å². The lowest BCUT2D eigenvalue weighted by atomic mass is 9.77. The maximum Gasteiger partial charge on any atom is 0.143 e. The summed E-state index contributed by atoms with van der Waals surface area (Å²) in [7, 11) is 0. The van der Waals surface area contributed by atoms with Gasteiger partial charge in [-0.25, -0.2) is 0 Å². The number of nitrogens with one attached hydrogen (secondary N) is 2. The zero-order chi connectivity index (χ0) is 21.5. The highest BCUT2D eigenvalue weighted by atomic mass is 16.1. The molecule has 0 aliphatic carbocycles. The molecular formula is C26H33N3O. The second-order valence-electron chi connectivity index (χ2n) is 9.63. The SMILES string of the molecule is Cc1cc(-c2[nH]c3ccc(C(C)(C)C(=O)C[C@@H]4CCNC4)cc3c2C(C)C)ccn1. The number of aromatic nitrogens is 2. The largest absolute Gasteiger partial charge is 0.354 e. The van der Waals surface area contributed by atoms with Gasteiger partial charge >= 0.3 is 0 Å². The van der Waals surface area contributed by atoms with Crippen LogP contribution in [0.4, 0.5) is 0 Å². The second-order valence-corrected chi connectivity index (χ2v) is 9.63. The maximum absolute atomic E-state index is 13.2. The maximum atomic E-state index is 13.2. The van der Waals surface area contributed by atoms with Crippen LogP contribution >= 0.6 is 0 Å². The normalized spacial score (nSPS) is 17.2. The Bertz CT molecular complexity index is 1070. The summed E-state index contributed by atoms with van der Waals surface area (Å²) in [5.74, 6) is 1.17. The third kappa shape index (κ3) is 3.81. The first kappa shape index (κ1) is 20.8. The molecule has 1 aliphatic rings. The van der Waals surface area contributed by atoms with Crippen molar-refractivity contribution in [2.24, 2.45) is 5.92 Å². The summed E-state index contributed by atoms with van der Waals surface area (Å²) in [6, 6.07) is 10.7. The molecule has 2 N–H and O–H groups in total. The van der Waals surface area contributed by atoms with Crippen LogP contribution in [0.1, 0.15) is 63.3 Å². The highest BCUT2D eigenvalue weighted by molar-refractivity contribution is 5.95. The Balaban J connectivity index is 1.76. The molecule has 2 aromatic heterocycles. The average Bonchev–Trinajstić information content (AvgIpc) is 3.34. The van der Waals surface area contributed by atoms with Crippen molar-refractivity contribution >= 4 is 16.7 Å². The van der Waals surface area contributed by atoms with Crippen LogP contribution in [0, 0.1) is 12.8 Å². The summed E-state index contributed by atoms with van der Waals surface area (Å²) in [4.78, 5) is 21.2. The lowest BCUT2D eigenvalue weighted by Gasteiger charge is -2.25. The first-order valence-corrected chi connectivity index (χ1v) is 11.1. The summed E-state index contributed by atoms with van der Waals surface area (Å²) >= 11 is 0. The monoisotopic (exact) mass is 403 g/mol. The predicted octanol–water partition coefficient (Wildman–Crippen LogP) is 5.51. The highest BCUT2D eigenvalue weighted by Crippen LogP contribution is 2.38. The molecule has 4 nitrogen and oxygen atoms in total. The van der Waals surface area contributed by atoms with Gasteiger partial charge in [0.1, 0.15) is 5.78 Å². The molecule has 1 fully saturated rings. The molecule has 1 aromatic carbocycles. The number of carbonyl (C=O) groups is 1. The minimum Gasteiger partial charge on any atom is -0.354 e. The molecule has 30 heavy (non-hydrogen) atoms. The predicted molar refractivity (Wildman–Crippen MR) is 124 cm³/mol. The molecule has 3 heterocycles. The fraction of sp³-hybridized carbons (Fsp3) is 0.462. The molecule has 4 heteroatoms. The van der Waals surface area contributed by atoms with Gasteiger partial charge in [-0.2, -0.15) is 0 Å². The van der Waals surface area contributed by atoms with Crippen LogP contribution in [0.25, 0.3) is 22.2 Å². The van der Waals surface area contributed by atoms with Crippen molar-refractivity contribution in [3.8, 4) is 11.3 Å². The first-order valence-electron chi connectivity index (χ1n) is 11.1. The van der Waals surface area contributed by atoms with Gasteiger partial charge in [0.25, 0.3) is 0 Å². The molecule has 1 aliphatic heterocycles. The lowest BCUT2D eigenvalue weighted by molar-refractivity contribution is -0.124. The summed E-state index contributed by atoms with van der Waals surface area (Å²) in [5, 5.41) is 4.59. The van der Waals surface area contributed by atoms with Gasteiger partial charge < -0.3 is 10.3 Å². The number of aromatic amines is 1. The zero-order valence-electron chi connectivity index (χ0n) is 18.8. The lowest BCUT2D eigenvalue weighted by Crippen LogP contribution is -2.31. The Labute approximate surface area is 179 Å². The van der Waals surface area contributed by atoms with Crippen LogP contribution < -0.4 is 5.32 Å². The Morgan fingerprint density at radius 2 is 2.03 bits per heavy atom. The number of ketones is 1. The molecule has 0 bridgehead atoms. The number of H-pyrrole nitrogens is 1. The van der Waals surface area contributed by atoms with Gasteiger partial charge in [0.15, 0.2) is 0 Å². The minimum atomic E-state index is -0.490. The highest BCUT2D eigenvalue weighted by Gasteiger charge is 2.32. The first-order chi connectivity index (χ1) is 14.3. The van der Waals surface area contributed by atoms with Crippen LogP contribution in [0.15, 0.2) is 36.5 Å². The molecule has 0 spiro atoms. The van der Waals surface area contributed by atoms with E-state index in [1.165, 1.54) is 10.9 Å². The van der Waals surface area contributed by atoms with E-state index >= 15 is 0 Å². The van der Waals surface area contributed by atoms with E-state index in [2.05, 4.69) is 73.3 Å². The number of pyridine rings is 1. The van der Waals surface area contributed by atoms with E-state index in [0.717, 1.165) is 47.5 Å². The zero-order valence-corrected chi connectivity index (χ0v) is 18.8. The second kappa shape index (κ2) is 7.99. The van der Waals surface area contributed by atoms with Crippen molar-refractivity contribution in [1.29, 1.82) is 0 Å². The van der Waals surface area contributed by atoms with Crippen molar-refractivity contribution in [3.63, 3.8) is 0 Å². The van der Waals surface area contributed by atoms with Crippen LogP contribution in [-0.2, 0) is 10.2 Å². The van der Waals surface area contributed by atoms with Gasteiger partial charge in [-0.1, -0.05) is 19.9 Å². The third-order valence-corrected chi connectivity index (χ3v) is 6.66. The van der Waals surface area contributed by atoms with Gasteiger partial charge in [0, 0.05) is 40.2 Å². The molecule has 1 saturated heterocycles. The van der Waals surface area contributed by atoms with Gasteiger partial charge in [-0.3, -0.25) is 9.78 Å². The Morgan fingerprint density at radius 3 is 2.70 bits per heavy atom. The molecular weight excluding hydrogens is 370 g/mol. The van der Waals surface area contributed by atoms with Crippen molar-refractivity contribution in [2.75, 3.05) is 13.1 Å². The van der Waals surface area contributed by atoms with E-state index in [1.807, 2.05) is 13.1 Å². The Morgan fingerprint density at radius 1 is 1.23 bits per heavy atom. The summed E-state index contributed by atoms with van der Waals surface area (Å²) in [6.45, 7) is 12.6. The fourth-order valence-corrected chi connectivity index (χ4v) is 4.70. The van der Waals surface area contributed by atoms with E-state index < -0.39 is 5.41 Å². The number of aryl methyl sites for hydroxylation is 1. The molecule has 1 atom stereocenters. The van der Waals surface area contributed by atoms with E-state index in [1.54, 1.807) is 0 Å². The molecule has 0 unspecified atom stereocenters. The summed E-state index contributed by atoms with van der Waals surface area (Å²) in [5.41, 5.74) is 6.36. The Kier molecular flexibility index (Phi) is 5.54. The van der Waals surface area contributed by atoms with E-state index in [4.69, 9.17) is 0 Å². The number of hydrogen-bond acceptors (Lipinski definition) is 3. The summed E-state index contributed by atoms with van der Waals surface area (Å²) in [6.07, 6.45) is 3.62. The Hall–Kier alpha value is -2.46. The van der Waals surface area contributed by atoms with Crippen LogP contribution in [0.5, 0.6) is 0 Å². The molecule has 158 valence electrons. The number of nitrogens with zero attached hydrogens (tertiary/aromatic N) is 1. The van der Waals surface area contributed by atoms with Crippen LogP contribution in [0.3, 0.4) is 0 Å². The van der Waals surface area contributed by atoms with Gasteiger partial charge in [0.05, 0.1) is 5.69 Å². The average molecular weight is 404 g/mol. The van der Waals surface area contributed by atoms with E-state index in [9.17, 15) is 4.79 Å². The fourth-order valence-electron chi connectivity index (χ4n) is 4.70. The molecule has 0 radical (unpaired) electrons. The number of Topliss-reactive ketones (excluding diaryl/α,β-unsaturated/α-hetero) is 1. The molecule has 0 amide bonds. The van der Waals surface area contributed by atoms with Gasteiger partial charge in [-0.15, -0.1) is 0 Å². The van der Waals surface area contributed by atoms with Gasteiger partial charge in [0.2, 0.25) is 0 Å². The minimum absolute atomic E-state index is 0.335. The van der Waals surface area contributed by atoms with E-state index in [0.29, 0.717) is 24.0 Å². The number of benzene rings is 1. The molecule has 4 rings (SSSR count). The van der Waals surface area contributed by atoms with Crippen molar-refractivity contribution in [1.82, 2.24) is 15.3 Å². The molecule has 3 aromatic rings. The number of rotatable bonds is 6. The molecule has 0 saturated carbocycles. The van der Waals surface area contributed by atoms with Crippen LogP contribution in [0.2, 0.25) is 0 Å². The number of fused-ring (bicyclic) bond motifs is 1. The smallest absolute Gasteiger partial charge is 0.143 e. The third-order valence-electron chi connectivity index (χ3n) is 6.66. The standard InChI is InChI=1S/C26H33N3O/c1-16(2)24-21-14-20(26(4,5)23(30)13-18-8-10-27-15-18)6-7-22(21)29-25(24)19-9-11-28-17(3)12-19/h6-7,9,11-12,14,16,18,27,29H,8,10,13,15H2,1-5H3/t18-/m0/s1. The number of hydrogen-bond donors (Lipinski definition) is 2. The quantitative estimate of drug-likeness (QED) is 0.571. The van der Waals surface area contributed by atoms with Crippen molar-refractivity contribution in [3.05, 3.63) is 53.3 Å². The van der Waals surface area contributed by atoms with Crippen molar-refractivity contribution in [2.45, 2.75) is 58.8 Å². The summed E-state index contributed by atoms with van der Waals surface area (Å²) < 4.78 is 0. The van der Waals surface area contributed by atoms with Crippen LogP contribution in [-0.4, -0.2) is 28.8 Å². The number of carbonyl (C=O) groups excluding carboxylic acids is 1.